The molecule has 3 aliphatic heterocycles. The number of amides is 3. The lowest BCUT2D eigenvalue weighted by Crippen LogP contribution is -2.59. The van der Waals surface area contributed by atoms with Gasteiger partial charge in [0.2, 0.25) is 11.8 Å². The molecule has 0 spiro atoms. The van der Waals surface area contributed by atoms with E-state index < -0.39 is 23.8 Å². The van der Waals surface area contributed by atoms with Crippen molar-refractivity contribution in [1.29, 1.82) is 5.26 Å². The second-order valence-electron chi connectivity index (χ2n) is 12.8. The van der Waals surface area contributed by atoms with Crippen molar-refractivity contribution >= 4 is 17.9 Å². The lowest BCUT2D eigenvalue weighted by atomic mass is 9.99. The van der Waals surface area contributed by atoms with Gasteiger partial charge in [0.25, 0.3) is 0 Å². The number of nitriles is 1. The minimum absolute atomic E-state index is 0.0121. The quantitative estimate of drug-likeness (QED) is 0.573. The van der Waals surface area contributed by atoms with Crippen LogP contribution in [0.3, 0.4) is 0 Å². The SMILES string of the molecule is CC(C)(C)OC(=O)N[C@@H](CN1CC2C[C@H]1C(=O)N2C(c1ccc(F)cc1)C1CC1)C(=O)N1[C@H](C#N)CC2C[C@@H]21. The third kappa shape index (κ3) is 4.97. The van der Waals surface area contributed by atoms with Crippen molar-refractivity contribution in [2.75, 3.05) is 13.1 Å². The molecule has 0 radical (unpaired) electrons. The summed E-state index contributed by atoms with van der Waals surface area (Å²) < 4.78 is 19.1. The van der Waals surface area contributed by atoms with E-state index in [2.05, 4.69) is 11.4 Å². The van der Waals surface area contributed by atoms with Crippen LogP contribution in [0.2, 0.25) is 0 Å². The summed E-state index contributed by atoms with van der Waals surface area (Å²) in [5.41, 5.74) is 0.227. The van der Waals surface area contributed by atoms with Gasteiger partial charge in [-0.2, -0.15) is 5.26 Å². The monoisotopic (exact) mass is 537 g/mol. The van der Waals surface area contributed by atoms with Crippen molar-refractivity contribution < 1.29 is 23.5 Å². The molecule has 0 aromatic heterocycles. The highest BCUT2D eigenvalue weighted by Gasteiger charge is 2.57. The van der Waals surface area contributed by atoms with Crippen LogP contribution in [0.5, 0.6) is 0 Å². The largest absolute Gasteiger partial charge is 0.444 e. The third-order valence-corrected chi connectivity index (χ3v) is 8.81. The van der Waals surface area contributed by atoms with Crippen LogP contribution in [0.15, 0.2) is 24.3 Å². The minimum atomic E-state index is -0.924. The molecule has 3 heterocycles. The zero-order valence-electron chi connectivity index (χ0n) is 22.7. The van der Waals surface area contributed by atoms with Gasteiger partial charge in [-0.1, -0.05) is 12.1 Å². The zero-order valence-corrected chi connectivity index (χ0v) is 22.7. The number of likely N-dealkylation sites (tertiary alicyclic amines) is 3. The maximum Gasteiger partial charge on any atom is 0.408 e. The van der Waals surface area contributed by atoms with Crippen LogP contribution >= 0.6 is 0 Å². The number of carbonyl (C=O) groups excluding carboxylic acids is 3. The fourth-order valence-electron chi connectivity index (χ4n) is 6.93. The van der Waals surface area contributed by atoms with E-state index in [-0.39, 0.29) is 48.3 Å². The molecule has 5 aliphatic rings. The van der Waals surface area contributed by atoms with E-state index in [1.54, 1.807) is 37.8 Å². The van der Waals surface area contributed by atoms with Crippen molar-refractivity contribution in [3.8, 4) is 6.07 Å². The number of rotatable bonds is 7. The van der Waals surface area contributed by atoms with Crippen molar-refractivity contribution in [3.63, 3.8) is 0 Å². The molecule has 1 aromatic rings. The highest BCUT2D eigenvalue weighted by atomic mass is 19.1. The molecule has 3 unspecified atom stereocenters. The number of piperidine rings is 1. The van der Waals surface area contributed by atoms with E-state index in [0.717, 1.165) is 24.8 Å². The van der Waals surface area contributed by atoms with Crippen LogP contribution in [0, 0.1) is 29.0 Å². The predicted molar refractivity (Wildman–Crippen MR) is 138 cm³/mol. The number of hydrogen-bond acceptors (Lipinski definition) is 6. The molecule has 2 aliphatic carbocycles. The highest BCUT2D eigenvalue weighted by Crippen LogP contribution is 2.50. The van der Waals surface area contributed by atoms with Crippen molar-refractivity contribution in [2.45, 2.75) is 94.7 Å². The number of nitrogens with zero attached hydrogens (tertiary/aromatic N) is 4. The molecule has 7 atom stereocenters. The van der Waals surface area contributed by atoms with Crippen LogP contribution < -0.4 is 5.32 Å². The summed E-state index contributed by atoms with van der Waals surface area (Å²) in [6, 6.07) is 6.87. The summed E-state index contributed by atoms with van der Waals surface area (Å²) in [5, 5.41) is 12.4. The topological polar surface area (TPSA) is 106 Å². The fourth-order valence-corrected chi connectivity index (χ4v) is 6.93. The lowest BCUT2D eigenvalue weighted by Gasteiger charge is -2.40. The van der Waals surface area contributed by atoms with Gasteiger partial charge in [-0.25, -0.2) is 9.18 Å². The maximum atomic E-state index is 13.8. The molecular weight excluding hydrogens is 501 g/mol. The van der Waals surface area contributed by atoms with E-state index in [4.69, 9.17) is 4.74 Å². The molecule has 9 nitrogen and oxygen atoms in total. The van der Waals surface area contributed by atoms with Gasteiger partial charge in [-0.3, -0.25) is 14.5 Å². The first-order valence-electron chi connectivity index (χ1n) is 14.1. The maximum absolute atomic E-state index is 13.8. The predicted octanol–water partition coefficient (Wildman–Crippen LogP) is 2.97. The Morgan fingerprint density at radius 2 is 1.90 bits per heavy atom. The van der Waals surface area contributed by atoms with Crippen molar-refractivity contribution in [1.82, 2.24) is 20.0 Å². The summed E-state index contributed by atoms with van der Waals surface area (Å²) in [5.74, 6) is 0.168. The number of nitrogens with one attached hydrogen (secondary N) is 1. The first-order valence-corrected chi connectivity index (χ1v) is 14.1. The van der Waals surface area contributed by atoms with Gasteiger partial charge in [0.05, 0.1) is 18.2 Å². The summed E-state index contributed by atoms with van der Waals surface area (Å²) in [6.07, 6.45) is 3.61. The summed E-state index contributed by atoms with van der Waals surface area (Å²) in [6.45, 7) is 6.04. The molecule has 1 aromatic carbocycles. The Morgan fingerprint density at radius 1 is 1.18 bits per heavy atom. The number of benzene rings is 1. The molecule has 2 saturated carbocycles. The number of ether oxygens (including phenoxy) is 1. The smallest absolute Gasteiger partial charge is 0.408 e. The summed E-state index contributed by atoms with van der Waals surface area (Å²) in [7, 11) is 0. The van der Waals surface area contributed by atoms with Crippen LogP contribution in [0.1, 0.15) is 64.5 Å². The first-order chi connectivity index (χ1) is 18.5. The fraction of sp³-hybridized carbons (Fsp3) is 0.655. The number of carbonyl (C=O) groups is 3. The number of halogens is 1. The molecule has 1 N–H and O–H groups in total. The Bertz CT molecular complexity index is 1210. The number of piperazine rings is 1. The van der Waals surface area contributed by atoms with Crippen molar-refractivity contribution in [2.24, 2.45) is 11.8 Å². The molecule has 3 saturated heterocycles. The average Bonchev–Trinajstić information content (AvgIpc) is 3.75. The third-order valence-electron chi connectivity index (χ3n) is 8.81. The van der Waals surface area contributed by atoms with Gasteiger partial charge < -0.3 is 19.9 Å². The molecular formula is C29H36FN5O4. The van der Waals surface area contributed by atoms with Crippen LogP contribution in [0.25, 0.3) is 0 Å². The summed E-state index contributed by atoms with van der Waals surface area (Å²) in [4.78, 5) is 45.9. The van der Waals surface area contributed by atoms with Gasteiger partial charge in [0, 0.05) is 25.2 Å². The van der Waals surface area contributed by atoms with E-state index in [1.165, 1.54) is 12.1 Å². The van der Waals surface area contributed by atoms with Gasteiger partial charge >= 0.3 is 6.09 Å². The Balaban J connectivity index is 1.19. The van der Waals surface area contributed by atoms with Gasteiger partial charge in [0.1, 0.15) is 23.5 Å². The lowest BCUT2D eigenvalue weighted by molar-refractivity contribution is -0.142. The standard InChI is InChI=1S/C29H36FN5O4/c1-29(2,3)39-28(38)32-22(26(36)34-20(13-31)10-18-11-23(18)34)15-33-14-21-12-24(33)27(37)35(21)25(16-4-5-16)17-6-8-19(30)9-7-17/h6-9,16,18,20-25H,4-5,10-12,14-15H2,1-3H3,(H,32,38)/t18?,20-,21?,22-,23-,24-,25?/m0/s1. The van der Waals surface area contributed by atoms with Crippen LogP contribution in [-0.2, 0) is 14.3 Å². The molecule has 39 heavy (non-hydrogen) atoms. The van der Waals surface area contributed by atoms with Crippen LogP contribution in [-0.4, -0.2) is 81.5 Å². The Hall–Kier alpha value is -3.19. The normalized spacial score (nSPS) is 31.1. The van der Waals surface area contributed by atoms with Crippen LogP contribution in [0.4, 0.5) is 9.18 Å². The molecule has 208 valence electrons. The zero-order chi connectivity index (χ0) is 27.6. The van der Waals surface area contributed by atoms with E-state index in [0.29, 0.717) is 31.2 Å². The second kappa shape index (κ2) is 9.47. The molecule has 10 heteroatoms. The van der Waals surface area contributed by atoms with Gasteiger partial charge in [0.15, 0.2) is 0 Å². The Morgan fingerprint density at radius 3 is 2.51 bits per heavy atom. The number of hydrogen-bond donors (Lipinski definition) is 1. The van der Waals surface area contributed by atoms with E-state index >= 15 is 0 Å². The van der Waals surface area contributed by atoms with Crippen molar-refractivity contribution in [3.05, 3.63) is 35.6 Å². The Kier molecular flexibility index (Phi) is 6.33. The second-order valence-corrected chi connectivity index (χ2v) is 12.8. The minimum Gasteiger partial charge on any atom is -0.444 e. The number of fused-ring (bicyclic) bond motifs is 3. The summed E-state index contributed by atoms with van der Waals surface area (Å²) >= 11 is 0. The molecule has 6 rings (SSSR count). The first kappa shape index (κ1) is 26.1. The Labute approximate surface area is 228 Å². The van der Waals surface area contributed by atoms with E-state index in [9.17, 15) is 24.0 Å². The molecule has 5 fully saturated rings. The average molecular weight is 538 g/mol. The number of alkyl carbamates (subject to hydrolysis) is 1. The highest BCUT2D eigenvalue weighted by molar-refractivity contribution is 5.89. The van der Waals surface area contributed by atoms with Gasteiger partial charge in [-0.15, -0.1) is 0 Å². The van der Waals surface area contributed by atoms with Gasteiger partial charge in [-0.05, 0) is 82.4 Å². The molecule has 3 amide bonds. The van der Waals surface area contributed by atoms with E-state index in [1.807, 2.05) is 9.80 Å². The molecule has 2 bridgehead atoms.